The van der Waals surface area contributed by atoms with Crippen LogP contribution in [0.25, 0.3) is 0 Å². The Hall–Kier alpha value is -0.690. The van der Waals surface area contributed by atoms with Gasteiger partial charge in [-0.05, 0) is 19.9 Å². The summed E-state index contributed by atoms with van der Waals surface area (Å²) in [4.78, 5) is 33.3. The first-order chi connectivity index (χ1) is 7.74. The van der Waals surface area contributed by atoms with Crippen LogP contribution in [-0.2, 0) is 14.4 Å². The third-order valence-corrected chi connectivity index (χ3v) is 2.30. The Morgan fingerprint density at radius 1 is 1.44 bits per heavy atom. The molecule has 0 aliphatic carbocycles. The van der Waals surface area contributed by atoms with E-state index in [1.54, 1.807) is 0 Å². The molecule has 18 heavy (non-hydrogen) atoms. The van der Waals surface area contributed by atoms with Crippen LogP contribution >= 0.6 is 0 Å². The van der Waals surface area contributed by atoms with Gasteiger partial charge in [-0.2, -0.15) is 0 Å². The van der Waals surface area contributed by atoms with E-state index in [9.17, 15) is 19.5 Å². The van der Waals surface area contributed by atoms with Crippen molar-refractivity contribution in [3.8, 4) is 0 Å². The minimum Gasteiger partial charge on any atom is -0.550 e. The quantitative estimate of drug-likeness (QED) is 0.356. The fourth-order valence-electron chi connectivity index (χ4n) is 1.13. The van der Waals surface area contributed by atoms with Crippen molar-refractivity contribution in [2.45, 2.75) is 25.8 Å². The fraction of sp³-hybridized carbons (Fsp3) is 0.545. The molecule has 0 spiro atoms. The van der Waals surface area contributed by atoms with Gasteiger partial charge in [0.25, 0.3) is 0 Å². The van der Waals surface area contributed by atoms with Gasteiger partial charge in [0.15, 0.2) is 5.78 Å². The Kier molecular flexibility index (Phi) is 9.19. The number of hydrogen-bond acceptors (Lipinski definition) is 5. The average molecular weight is 265 g/mol. The molecule has 0 saturated heterocycles. The maximum atomic E-state index is 11.7. The first-order valence-electron chi connectivity index (χ1n) is 5.04. The normalized spacial score (nSPS) is 11.9. The minimum absolute atomic E-state index is 0. The molecule has 0 aliphatic heterocycles. The number of rotatable bonds is 7. The summed E-state index contributed by atoms with van der Waals surface area (Å²) in [5.74, 6) is -3.79. The van der Waals surface area contributed by atoms with E-state index in [-0.39, 0.29) is 29.6 Å². The fourth-order valence-corrected chi connectivity index (χ4v) is 1.13. The van der Waals surface area contributed by atoms with Gasteiger partial charge in [-0.15, -0.1) is 0 Å². The van der Waals surface area contributed by atoms with Crippen molar-refractivity contribution in [2.75, 3.05) is 6.61 Å². The largest absolute Gasteiger partial charge is 1.00 e. The van der Waals surface area contributed by atoms with Crippen LogP contribution in [0.5, 0.6) is 0 Å². The van der Waals surface area contributed by atoms with E-state index >= 15 is 0 Å². The second-order valence-corrected chi connectivity index (χ2v) is 4.14. The SMILES string of the molecule is C=CC(=O)NC(C)(C)C(=O)CC(CO)C(=O)[O-].[Na+]. The number of carbonyl (C=O) groups excluding carboxylic acids is 3. The van der Waals surface area contributed by atoms with Crippen LogP contribution in [-0.4, -0.2) is 34.9 Å². The molecule has 6 nitrogen and oxygen atoms in total. The van der Waals surface area contributed by atoms with Crippen molar-refractivity contribution in [1.29, 1.82) is 0 Å². The molecule has 1 unspecified atom stereocenters. The van der Waals surface area contributed by atoms with Gasteiger partial charge < -0.3 is 20.3 Å². The zero-order valence-corrected chi connectivity index (χ0v) is 12.9. The van der Waals surface area contributed by atoms with Gasteiger partial charge in [-0.1, -0.05) is 6.58 Å². The number of aliphatic hydroxyl groups excluding tert-OH is 1. The summed E-state index contributed by atoms with van der Waals surface area (Å²) in [5, 5.41) is 21.7. The molecule has 0 aromatic rings. The molecular weight excluding hydrogens is 249 g/mol. The van der Waals surface area contributed by atoms with Gasteiger partial charge in [0.05, 0.1) is 12.1 Å². The van der Waals surface area contributed by atoms with Crippen LogP contribution < -0.4 is 40.0 Å². The predicted molar refractivity (Wildman–Crippen MR) is 57.6 cm³/mol. The third-order valence-electron chi connectivity index (χ3n) is 2.30. The van der Waals surface area contributed by atoms with Crippen LogP contribution in [0.3, 0.4) is 0 Å². The van der Waals surface area contributed by atoms with Gasteiger partial charge in [0.1, 0.15) is 0 Å². The topological polar surface area (TPSA) is 107 Å². The summed E-state index contributed by atoms with van der Waals surface area (Å²) >= 11 is 0. The first kappa shape index (κ1) is 19.6. The first-order valence-corrected chi connectivity index (χ1v) is 5.04. The van der Waals surface area contributed by atoms with E-state index in [0.29, 0.717) is 0 Å². The van der Waals surface area contributed by atoms with Crippen LogP contribution in [0.15, 0.2) is 12.7 Å². The maximum absolute atomic E-state index is 11.7. The number of carboxylic acids is 1. The summed E-state index contributed by atoms with van der Waals surface area (Å²) < 4.78 is 0. The van der Waals surface area contributed by atoms with E-state index in [0.717, 1.165) is 6.08 Å². The molecule has 1 amide bonds. The van der Waals surface area contributed by atoms with Crippen molar-refractivity contribution in [3.05, 3.63) is 12.7 Å². The Bertz CT molecular complexity index is 340. The number of carbonyl (C=O) groups is 3. The van der Waals surface area contributed by atoms with Gasteiger partial charge in [-0.25, -0.2) is 0 Å². The molecule has 0 aromatic heterocycles. The Labute approximate surface area is 128 Å². The summed E-state index contributed by atoms with van der Waals surface area (Å²) in [5.41, 5.74) is -1.21. The summed E-state index contributed by atoms with van der Waals surface area (Å²) in [6, 6.07) is 0. The van der Waals surface area contributed by atoms with E-state index in [1.165, 1.54) is 13.8 Å². The number of Topliss-reactive ketones (excluding diaryl/α,β-unsaturated/α-hetero) is 1. The van der Waals surface area contributed by atoms with Crippen molar-refractivity contribution < 1.29 is 54.2 Å². The standard InChI is InChI=1S/C11H17NO5.Na/c1-4-9(15)12-11(2,3)8(14)5-7(6-13)10(16)17;/h4,7,13H,1,5-6H2,2-3H3,(H,12,15)(H,16,17);/q;+1/p-1. The van der Waals surface area contributed by atoms with E-state index in [2.05, 4.69) is 11.9 Å². The molecule has 0 aliphatic rings. The number of amides is 1. The van der Waals surface area contributed by atoms with E-state index in [1.807, 2.05) is 0 Å². The number of aliphatic carboxylic acids is 1. The summed E-state index contributed by atoms with van der Waals surface area (Å²) in [6.07, 6.45) is 0.612. The Morgan fingerprint density at radius 3 is 2.28 bits per heavy atom. The van der Waals surface area contributed by atoms with Crippen LogP contribution in [0.4, 0.5) is 0 Å². The molecule has 96 valence electrons. The number of aliphatic hydroxyl groups is 1. The van der Waals surface area contributed by atoms with Crippen LogP contribution in [0, 0.1) is 5.92 Å². The molecule has 0 aromatic carbocycles. The van der Waals surface area contributed by atoms with Crippen molar-refractivity contribution in [1.82, 2.24) is 5.32 Å². The zero-order valence-electron chi connectivity index (χ0n) is 10.9. The van der Waals surface area contributed by atoms with Crippen molar-refractivity contribution >= 4 is 17.7 Å². The summed E-state index contributed by atoms with van der Waals surface area (Å²) in [7, 11) is 0. The van der Waals surface area contributed by atoms with Gasteiger partial charge >= 0.3 is 29.6 Å². The molecule has 0 bridgehead atoms. The summed E-state index contributed by atoms with van der Waals surface area (Å²) in [6.45, 7) is 5.45. The Morgan fingerprint density at radius 2 is 1.94 bits per heavy atom. The van der Waals surface area contributed by atoms with Crippen LogP contribution in [0.1, 0.15) is 20.3 Å². The molecule has 1 atom stereocenters. The molecule has 0 heterocycles. The monoisotopic (exact) mass is 265 g/mol. The predicted octanol–water partition coefficient (Wildman–Crippen LogP) is -4.61. The van der Waals surface area contributed by atoms with E-state index < -0.39 is 42.1 Å². The smallest absolute Gasteiger partial charge is 0.550 e. The van der Waals surface area contributed by atoms with Gasteiger partial charge in [-0.3, -0.25) is 9.59 Å². The number of carboxylic acid groups (broad SMARTS) is 1. The molecule has 0 saturated carbocycles. The second-order valence-electron chi connectivity index (χ2n) is 4.14. The molecule has 0 radical (unpaired) electrons. The van der Waals surface area contributed by atoms with Crippen LogP contribution in [0.2, 0.25) is 0 Å². The molecule has 7 heteroatoms. The number of ketones is 1. The Balaban J connectivity index is 0. The van der Waals surface area contributed by atoms with Gasteiger partial charge in [0, 0.05) is 18.3 Å². The molecular formula is C11H16NNaO5. The molecule has 0 fully saturated rings. The third kappa shape index (κ3) is 6.30. The maximum Gasteiger partial charge on any atom is 1.00 e. The van der Waals surface area contributed by atoms with Crippen molar-refractivity contribution in [2.24, 2.45) is 5.92 Å². The van der Waals surface area contributed by atoms with Crippen molar-refractivity contribution in [3.63, 3.8) is 0 Å². The van der Waals surface area contributed by atoms with Gasteiger partial charge in [0.2, 0.25) is 5.91 Å². The minimum atomic E-state index is -1.49. The number of nitrogens with one attached hydrogen (secondary N) is 1. The second kappa shape index (κ2) is 8.42. The average Bonchev–Trinajstić information content (AvgIpc) is 2.23. The molecule has 0 rings (SSSR count). The van der Waals surface area contributed by atoms with E-state index in [4.69, 9.17) is 5.11 Å². The molecule has 2 N–H and O–H groups in total. The number of hydrogen-bond donors (Lipinski definition) is 2. The zero-order chi connectivity index (χ0) is 13.6.